The van der Waals surface area contributed by atoms with Crippen LogP contribution >= 0.6 is 0 Å². The molecule has 0 radical (unpaired) electrons. The monoisotopic (exact) mass is 300 g/mol. The molecule has 2 unspecified atom stereocenters. The highest BCUT2D eigenvalue weighted by Gasteiger charge is 2.38. The lowest BCUT2D eigenvalue weighted by Crippen LogP contribution is -2.62. The van der Waals surface area contributed by atoms with Gasteiger partial charge in [-0.1, -0.05) is 6.92 Å². The fraction of sp³-hybridized carbons (Fsp3) is 0.429. The molecule has 0 aromatic heterocycles. The van der Waals surface area contributed by atoms with Crippen molar-refractivity contribution in [1.29, 1.82) is 0 Å². The summed E-state index contributed by atoms with van der Waals surface area (Å²) in [5, 5.41) is 2.56. The Kier molecular flexibility index (Phi) is 3.93. The van der Waals surface area contributed by atoms with E-state index in [1.807, 2.05) is 0 Å². The third-order valence-electron chi connectivity index (χ3n) is 3.44. The summed E-state index contributed by atoms with van der Waals surface area (Å²) in [6.07, 6.45) is -4.05. The van der Waals surface area contributed by atoms with Gasteiger partial charge in [-0.05, 0) is 37.6 Å². The van der Waals surface area contributed by atoms with E-state index in [0.29, 0.717) is 12.1 Å². The van der Waals surface area contributed by atoms with Crippen molar-refractivity contribution >= 4 is 17.5 Å². The van der Waals surface area contributed by atoms with E-state index in [4.69, 9.17) is 0 Å². The van der Waals surface area contributed by atoms with Crippen LogP contribution in [0.1, 0.15) is 25.8 Å². The average Bonchev–Trinajstić information content (AvgIpc) is 2.41. The van der Waals surface area contributed by atoms with Gasteiger partial charge >= 0.3 is 6.18 Å². The molecule has 1 aliphatic rings. The molecule has 0 spiro atoms. The molecule has 1 aromatic carbocycles. The van der Waals surface area contributed by atoms with Crippen molar-refractivity contribution in [3.63, 3.8) is 0 Å². The number of anilines is 1. The molecule has 1 aliphatic heterocycles. The number of carbonyl (C=O) groups is 2. The minimum atomic E-state index is -4.43. The summed E-state index contributed by atoms with van der Waals surface area (Å²) in [4.78, 5) is 25.4. The van der Waals surface area contributed by atoms with Gasteiger partial charge in [0.05, 0.1) is 5.56 Å². The van der Waals surface area contributed by atoms with Gasteiger partial charge in [-0.3, -0.25) is 14.5 Å². The van der Waals surface area contributed by atoms with Gasteiger partial charge in [0, 0.05) is 5.69 Å². The predicted molar refractivity (Wildman–Crippen MR) is 70.6 cm³/mol. The van der Waals surface area contributed by atoms with Crippen LogP contribution in [-0.2, 0) is 15.8 Å². The van der Waals surface area contributed by atoms with Crippen molar-refractivity contribution in [2.24, 2.45) is 0 Å². The Balaban J connectivity index is 2.37. The lowest BCUT2D eigenvalue weighted by Gasteiger charge is -2.37. The fourth-order valence-corrected chi connectivity index (χ4v) is 2.34. The maximum atomic E-state index is 12.6. The van der Waals surface area contributed by atoms with E-state index in [9.17, 15) is 22.8 Å². The summed E-state index contributed by atoms with van der Waals surface area (Å²) in [5.74, 6) is -0.634. The lowest BCUT2D eigenvalue weighted by molar-refractivity contribution is -0.137. The van der Waals surface area contributed by atoms with Crippen LogP contribution in [0.5, 0.6) is 0 Å². The van der Waals surface area contributed by atoms with Crippen LogP contribution < -0.4 is 10.2 Å². The fourth-order valence-electron chi connectivity index (χ4n) is 2.34. The molecule has 1 saturated heterocycles. The summed E-state index contributed by atoms with van der Waals surface area (Å²) in [6.45, 7) is 3.29. The van der Waals surface area contributed by atoms with Crippen molar-refractivity contribution in [1.82, 2.24) is 5.32 Å². The van der Waals surface area contributed by atoms with Gasteiger partial charge in [0.15, 0.2) is 0 Å². The topological polar surface area (TPSA) is 49.4 Å². The molecule has 1 fully saturated rings. The van der Waals surface area contributed by atoms with Crippen LogP contribution in [0, 0.1) is 0 Å². The third-order valence-corrected chi connectivity index (χ3v) is 3.44. The zero-order valence-electron chi connectivity index (χ0n) is 11.6. The van der Waals surface area contributed by atoms with Crippen molar-refractivity contribution in [2.75, 3.05) is 4.90 Å². The van der Waals surface area contributed by atoms with E-state index in [2.05, 4.69) is 5.32 Å². The second-order valence-electron chi connectivity index (χ2n) is 4.91. The van der Waals surface area contributed by atoms with Crippen LogP contribution in [0.4, 0.5) is 18.9 Å². The standard InChI is InChI=1S/C14H15F3N2O2/c1-3-11-12(20)18-8(2)13(21)19(11)10-6-4-9(5-7-10)14(15,16)17/h4-8,11H,3H2,1-2H3,(H,18,20). The van der Waals surface area contributed by atoms with Crippen LogP contribution in [-0.4, -0.2) is 23.9 Å². The minimum absolute atomic E-state index is 0.293. The molecule has 0 aliphatic carbocycles. The van der Waals surface area contributed by atoms with E-state index >= 15 is 0 Å². The number of halogens is 3. The van der Waals surface area contributed by atoms with E-state index in [-0.39, 0.29) is 11.8 Å². The molecule has 0 bridgehead atoms. The first-order valence-corrected chi connectivity index (χ1v) is 6.56. The summed E-state index contributed by atoms with van der Waals surface area (Å²) in [6, 6.07) is 2.86. The van der Waals surface area contributed by atoms with Crippen LogP contribution in [0.15, 0.2) is 24.3 Å². The number of rotatable bonds is 2. The highest BCUT2D eigenvalue weighted by atomic mass is 19.4. The predicted octanol–water partition coefficient (Wildman–Crippen LogP) is 2.34. The molecule has 114 valence electrons. The Morgan fingerprint density at radius 3 is 2.24 bits per heavy atom. The highest BCUT2D eigenvalue weighted by molar-refractivity contribution is 6.08. The highest BCUT2D eigenvalue weighted by Crippen LogP contribution is 2.31. The number of hydrogen-bond acceptors (Lipinski definition) is 2. The first-order chi connectivity index (χ1) is 9.75. The largest absolute Gasteiger partial charge is 0.416 e. The second kappa shape index (κ2) is 5.38. The van der Waals surface area contributed by atoms with Crippen molar-refractivity contribution in [2.45, 2.75) is 38.5 Å². The molecule has 2 atom stereocenters. The van der Waals surface area contributed by atoms with E-state index in [0.717, 1.165) is 12.1 Å². The molecule has 2 amide bonds. The molecule has 4 nitrogen and oxygen atoms in total. The van der Waals surface area contributed by atoms with Gasteiger partial charge < -0.3 is 5.32 Å². The Hall–Kier alpha value is -2.05. The lowest BCUT2D eigenvalue weighted by atomic mass is 10.0. The number of alkyl halides is 3. The normalized spacial score (nSPS) is 23.2. The quantitative estimate of drug-likeness (QED) is 0.911. The molecular formula is C14H15F3N2O2. The number of benzene rings is 1. The third kappa shape index (κ3) is 2.86. The van der Waals surface area contributed by atoms with Gasteiger partial charge in [0.1, 0.15) is 12.1 Å². The van der Waals surface area contributed by atoms with Gasteiger partial charge in [-0.15, -0.1) is 0 Å². The summed E-state index contributed by atoms with van der Waals surface area (Å²) in [7, 11) is 0. The first-order valence-electron chi connectivity index (χ1n) is 6.56. The molecule has 2 rings (SSSR count). The molecule has 7 heteroatoms. The van der Waals surface area contributed by atoms with Crippen molar-refractivity contribution in [3.05, 3.63) is 29.8 Å². The minimum Gasteiger partial charge on any atom is -0.343 e. The number of nitrogens with zero attached hydrogens (tertiary/aromatic N) is 1. The summed E-state index contributed by atoms with van der Waals surface area (Å²) in [5.41, 5.74) is -0.497. The maximum absolute atomic E-state index is 12.6. The summed E-state index contributed by atoms with van der Waals surface area (Å²) < 4.78 is 37.7. The Bertz CT molecular complexity index is 554. The average molecular weight is 300 g/mol. The maximum Gasteiger partial charge on any atom is 0.416 e. The van der Waals surface area contributed by atoms with E-state index in [1.165, 1.54) is 17.0 Å². The van der Waals surface area contributed by atoms with Gasteiger partial charge in [-0.25, -0.2) is 0 Å². The molecule has 0 saturated carbocycles. The first kappa shape index (κ1) is 15.3. The zero-order valence-corrected chi connectivity index (χ0v) is 11.6. The van der Waals surface area contributed by atoms with Crippen molar-refractivity contribution < 1.29 is 22.8 Å². The van der Waals surface area contributed by atoms with Crippen LogP contribution in [0.25, 0.3) is 0 Å². The van der Waals surface area contributed by atoms with E-state index < -0.39 is 23.8 Å². The summed E-state index contributed by atoms with van der Waals surface area (Å²) >= 11 is 0. The molecule has 21 heavy (non-hydrogen) atoms. The Labute approximate surface area is 119 Å². The van der Waals surface area contributed by atoms with Crippen molar-refractivity contribution in [3.8, 4) is 0 Å². The molecule has 1 heterocycles. The van der Waals surface area contributed by atoms with Crippen LogP contribution in [0.2, 0.25) is 0 Å². The number of carbonyl (C=O) groups excluding carboxylic acids is 2. The Morgan fingerprint density at radius 1 is 1.19 bits per heavy atom. The van der Waals surface area contributed by atoms with Crippen LogP contribution in [0.3, 0.4) is 0 Å². The SMILES string of the molecule is CCC1C(=O)NC(C)C(=O)N1c1ccc(C(F)(F)F)cc1. The molecule has 1 aromatic rings. The molecule has 1 N–H and O–H groups in total. The van der Waals surface area contributed by atoms with Gasteiger partial charge in [-0.2, -0.15) is 13.2 Å². The second-order valence-corrected chi connectivity index (χ2v) is 4.91. The molecular weight excluding hydrogens is 285 g/mol. The number of hydrogen-bond donors (Lipinski definition) is 1. The zero-order chi connectivity index (χ0) is 15.8. The van der Waals surface area contributed by atoms with Gasteiger partial charge in [0.2, 0.25) is 11.8 Å². The number of piperazine rings is 1. The number of amides is 2. The van der Waals surface area contributed by atoms with Gasteiger partial charge in [0.25, 0.3) is 0 Å². The Morgan fingerprint density at radius 2 is 1.76 bits per heavy atom. The smallest absolute Gasteiger partial charge is 0.343 e. The number of nitrogens with one attached hydrogen (secondary N) is 1. The van der Waals surface area contributed by atoms with E-state index in [1.54, 1.807) is 13.8 Å².